The van der Waals surface area contributed by atoms with Crippen LogP contribution in [0.15, 0.2) is 12.5 Å². The fourth-order valence-electron chi connectivity index (χ4n) is 3.42. The molecule has 1 aliphatic rings. The number of carbonyl (C=O) groups excluding carboxylic acids is 3. The molecular weight excluding hydrogens is 392 g/mol. The van der Waals surface area contributed by atoms with E-state index in [2.05, 4.69) is 20.6 Å². The Kier molecular flexibility index (Phi) is 8.34. The number of H-pyrrole nitrogens is 1. The third kappa shape index (κ3) is 6.55. The van der Waals surface area contributed by atoms with Crippen molar-refractivity contribution in [3.05, 3.63) is 18.2 Å². The Balaban J connectivity index is 1.91. The zero-order valence-corrected chi connectivity index (χ0v) is 17.3. The van der Waals surface area contributed by atoms with Gasteiger partial charge in [-0.3, -0.25) is 14.4 Å². The van der Waals surface area contributed by atoms with Gasteiger partial charge in [0, 0.05) is 24.9 Å². The van der Waals surface area contributed by atoms with Gasteiger partial charge in [0.2, 0.25) is 17.7 Å². The van der Waals surface area contributed by atoms with Crippen molar-refractivity contribution in [1.29, 1.82) is 0 Å². The molecule has 2 rings (SSSR count). The predicted octanol–water partition coefficient (Wildman–Crippen LogP) is -0.998. The molecule has 1 aromatic rings. The Bertz CT molecular complexity index is 751. The van der Waals surface area contributed by atoms with Crippen LogP contribution in [0.2, 0.25) is 0 Å². The Labute approximate surface area is 174 Å². The molecule has 0 spiro atoms. The number of nitrogens with zero attached hydrogens (tertiary/aromatic N) is 2. The van der Waals surface area contributed by atoms with E-state index < -0.39 is 41.8 Å². The van der Waals surface area contributed by atoms with Crippen LogP contribution in [0.25, 0.3) is 0 Å². The van der Waals surface area contributed by atoms with E-state index in [4.69, 9.17) is 5.73 Å². The molecule has 1 fully saturated rings. The van der Waals surface area contributed by atoms with Crippen LogP contribution in [-0.4, -0.2) is 74.9 Å². The Morgan fingerprint density at radius 1 is 1.33 bits per heavy atom. The molecule has 1 saturated heterocycles. The van der Waals surface area contributed by atoms with Gasteiger partial charge in [-0.2, -0.15) is 0 Å². The van der Waals surface area contributed by atoms with Crippen molar-refractivity contribution in [3.8, 4) is 0 Å². The smallest absolute Gasteiger partial charge is 0.326 e. The first kappa shape index (κ1) is 23.3. The number of likely N-dealkylation sites (tertiary alicyclic amines) is 1. The van der Waals surface area contributed by atoms with Gasteiger partial charge >= 0.3 is 5.97 Å². The third-order valence-corrected chi connectivity index (χ3v) is 4.94. The molecule has 11 nitrogen and oxygen atoms in total. The van der Waals surface area contributed by atoms with Crippen molar-refractivity contribution in [3.63, 3.8) is 0 Å². The molecule has 0 radical (unpaired) electrons. The Hall–Kier alpha value is -2.95. The Morgan fingerprint density at radius 2 is 2.07 bits per heavy atom. The maximum absolute atomic E-state index is 12.6. The molecule has 3 atom stereocenters. The number of hydrogen-bond donors (Lipinski definition) is 5. The monoisotopic (exact) mass is 422 g/mol. The number of amides is 3. The maximum atomic E-state index is 12.6. The van der Waals surface area contributed by atoms with Crippen molar-refractivity contribution in [2.24, 2.45) is 11.7 Å². The van der Waals surface area contributed by atoms with Crippen LogP contribution in [0, 0.1) is 5.92 Å². The van der Waals surface area contributed by atoms with E-state index in [0.29, 0.717) is 31.5 Å². The van der Waals surface area contributed by atoms with Gasteiger partial charge in [0.1, 0.15) is 12.1 Å². The number of carboxylic acid groups (broad SMARTS) is 1. The van der Waals surface area contributed by atoms with Gasteiger partial charge in [0.25, 0.3) is 0 Å². The predicted molar refractivity (Wildman–Crippen MR) is 107 cm³/mol. The standard InChI is InChI=1S/C19H30N6O5/c1-11(2)6-14(24-17(27)13(20)7-12-8-21-10-23-12)18(28)22-9-16(26)25-5-3-4-15(25)19(29)30/h8,10-11,13-15H,3-7,9,20H2,1-2H3,(H,21,23)(H,22,28)(H,24,27)(H,29,30). The summed E-state index contributed by atoms with van der Waals surface area (Å²) in [5, 5.41) is 14.4. The molecule has 0 saturated carbocycles. The van der Waals surface area contributed by atoms with Crippen molar-refractivity contribution in [2.75, 3.05) is 13.1 Å². The zero-order valence-electron chi connectivity index (χ0n) is 17.3. The number of aromatic nitrogens is 2. The van der Waals surface area contributed by atoms with Crippen molar-refractivity contribution in [2.45, 2.75) is 57.7 Å². The number of aliphatic carboxylic acids is 1. The van der Waals surface area contributed by atoms with Crippen LogP contribution in [0.1, 0.15) is 38.8 Å². The number of imidazole rings is 1. The molecule has 3 unspecified atom stereocenters. The summed E-state index contributed by atoms with van der Waals surface area (Å²) in [6.07, 6.45) is 4.67. The topological polar surface area (TPSA) is 171 Å². The molecule has 30 heavy (non-hydrogen) atoms. The van der Waals surface area contributed by atoms with Gasteiger partial charge in [-0.1, -0.05) is 13.8 Å². The fraction of sp³-hybridized carbons (Fsp3) is 0.632. The van der Waals surface area contributed by atoms with Crippen molar-refractivity contribution < 1.29 is 24.3 Å². The highest BCUT2D eigenvalue weighted by molar-refractivity contribution is 5.92. The summed E-state index contributed by atoms with van der Waals surface area (Å²) in [5.41, 5.74) is 6.63. The Morgan fingerprint density at radius 3 is 2.67 bits per heavy atom. The number of rotatable bonds is 10. The molecule has 2 heterocycles. The first-order valence-electron chi connectivity index (χ1n) is 10.0. The minimum absolute atomic E-state index is 0.107. The highest BCUT2D eigenvalue weighted by Crippen LogP contribution is 2.17. The fourth-order valence-corrected chi connectivity index (χ4v) is 3.42. The first-order chi connectivity index (χ1) is 14.2. The second-order valence-corrected chi connectivity index (χ2v) is 7.88. The van der Waals surface area contributed by atoms with E-state index in [0.717, 1.165) is 0 Å². The highest BCUT2D eigenvalue weighted by atomic mass is 16.4. The van der Waals surface area contributed by atoms with E-state index in [9.17, 15) is 24.3 Å². The van der Waals surface area contributed by atoms with E-state index in [1.807, 2.05) is 13.8 Å². The number of nitrogens with two attached hydrogens (primary N) is 1. The van der Waals surface area contributed by atoms with Crippen molar-refractivity contribution >= 4 is 23.7 Å². The molecule has 166 valence electrons. The minimum atomic E-state index is -1.05. The molecule has 1 aromatic heterocycles. The van der Waals surface area contributed by atoms with Gasteiger partial charge in [0.15, 0.2) is 0 Å². The largest absolute Gasteiger partial charge is 0.480 e. The van der Waals surface area contributed by atoms with Crippen LogP contribution < -0.4 is 16.4 Å². The highest BCUT2D eigenvalue weighted by Gasteiger charge is 2.34. The lowest BCUT2D eigenvalue weighted by Crippen LogP contribution is -2.54. The molecule has 0 aromatic carbocycles. The van der Waals surface area contributed by atoms with Gasteiger partial charge < -0.3 is 31.4 Å². The SMILES string of the molecule is CC(C)CC(NC(=O)C(N)Cc1cnc[nH]1)C(=O)NCC(=O)N1CCCC1C(=O)O. The van der Waals surface area contributed by atoms with Crippen LogP contribution >= 0.6 is 0 Å². The molecule has 3 amide bonds. The number of nitrogens with one attached hydrogen (secondary N) is 3. The average Bonchev–Trinajstić information content (AvgIpc) is 3.36. The number of aromatic amines is 1. The first-order valence-corrected chi connectivity index (χ1v) is 10.0. The number of carbonyl (C=O) groups is 4. The van der Waals surface area contributed by atoms with E-state index >= 15 is 0 Å². The zero-order chi connectivity index (χ0) is 22.3. The average molecular weight is 422 g/mol. The number of carboxylic acids is 1. The van der Waals surface area contributed by atoms with E-state index in [1.54, 1.807) is 6.20 Å². The summed E-state index contributed by atoms with van der Waals surface area (Å²) < 4.78 is 0. The number of hydrogen-bond acceptors (Lipinski definition) is 6. The molecule has 0 aliphatic carbocycles. The molecular formula is C19H30N6O5. The summed E-state index contributed by atoms with van der Waals surface area (Å²) in [5.74, 6) is -2.40. The normalized spacial score (nSPS) is 18.1. The van der Waals surface area contributed by atoms with Crippen LogP contribution in [-0.2, 0) is 25.6 Å². The molecule has 0 bridgehead atoms. The van der Waals surface area contributed by atoms with Crippen LogP contribution in [0.4, 0.5) is 0 Å². The van der Waals surface area contributed by atoms with Crippen LogP contribution in [0.5, 0.6) is 0 Å². The maximum Gasteiger partial charge on any atom is 0.326 e. The summed E-state index contributed by atoms with van der Waals surface area (Å²) in [6.45, 7) is 3.83. The summed E-state index contributed by atoms with van der Waals surface area (Å²) in [7, 11) is 0. The summed E-state index contributed by atoms with van der Waals surface area (Å²) in [6, 6.07) is -2.58. The quantitative estimate of drug-likeness (QED) is 0.322. The molecule has 6 N–H and O–H groups in total. The van der Waals surface area contributed by atoms with Crippen molar-refractivity contribution in [1.82, 2.24) is 25.5 Å². The van der Waals surface area contributed by atoms with Gasteiger partial charge in [-0.05, 0) is 25.2 Å². The minimum Gasteiger partial charge on any atom is -0.480 e. The van der Waals surface area contributed by atoms with E-state index in [-0.39, 0.29) is 18.9 Å². The van der Waals surface area contributed by atoms with Gasteiger partial charge in [-0.25, -0.2) is 9.78 Å². The summed E-state index contributed by atoms with van der Waals surface area (Å²) in [4.78, 5) is 56.6. The van der Waals surface area contributed by atoms with Gasteiger partial charge in [0.05, 0.1) is 18.9 Å². The molecule has 1 aliphatic heterocycles. The second kappa shape index (κ2) is 10.7. The van der Waals surface area contributed by atoms with Crippen LogP contribution in [0.3, 0.4) is 0 Å². The summed E-state index contributed by atoms with van der Waals surface area (Å²) >= 11 is 0. The van der Waals surface area contributed by atoms with E-state index in [1.165, 1.54) is 11.2 Å². The lowest BCUT2D eigenvalue weighted by atomic mass is 10.0. The lowest BCUT2D eigenvalue weighted by Gasteiger charge is -2.24. The third-order valence-electron chi connectivity index (χ3n) is 4.94. The second-order valence-electron chi connectivity index (χ2n) is 7.88. The lowest BCUT2D eigenvalue weighted by molar-refractivity contribution is -0.148. The van der Waals surface area contributed by atoms with Gasteiger partial charge in [-0.15, -0.1) is 0 Å². The molecule has 11 heteroatoms.